The molecule has 106 valence electrons. The molecule has 1 fully saturated rings. The monoisotopic (exact) mass is 349 g/mol. The van der Waals surface area contributed by atoms with E-state index in [1.165, 1.54) is 16.7 Å². The molecular weight excluding hydrogens is 334 g/mol. The molecule has 8 heteroatoms. The van der Waals surface area contributed by atoms with Crippen molar-refractivity contribution in [3.05, 3.63) is 22.9 Å². The van der Waals surface area contributed by atoms with Gasteiger partial charge in [0.25, 0.3) is 0 Å². The smallest absolute Gasteiger partial charge is 0.301 e. The molecule has 1 aliphatic rings. The number of anilines is 1. The molecule has 0 radical (unpaired) electrons. The molecule has 1 saturated heterocycles. The maximum Gasteiger partial charge on any atom is 0.301 e. The Hall–Kier alpha value is -0.700. The lowest BCUT2D eigenvalue weighted by Gasteiger charge is -2.31. The van der Waals surface area contributed by atoms with E-state index in [-0.39, 0.29) is 12.5 Å². The van der Waals surface area contributed by atoms with E-state index < -0.39 is 10.2 Å². The van der Waals surface area contributed by atoms with Crippen LogP contribution in [0.2, 0.25) is 0 Å². The van der Waals surface area contributed by atoms with Gasteiger partial charge in [0.1, 0.15) is 0 Å². The van der Waals surface area contributed by atoms with E-state index in [1.807, 2.05) is 0 Å². The number of nitrogens with one attached hydrogen (secondary N) is 1. The van der Waals surface area contributed by atoms with Crippen molar-refractivity contribution < 1.29 is 13.5 Å². The van der Waals surface area contributed by atoms with Crippen molar-refractivity contribution in [1.82, 2.24) is 9.29 Å². The lowest BCUT2D eigenvalue weighted by molar-refractivity contribution is 0.166. The van der Waals surface area contributed by atoms with Crippen LogP contribution in [0.4, 0.5) is 5.69 Å². The minimum atomic E-state index is -3.59. The molecule has 6 nitrogen and oxygen atoms in total. The van der Waals surface area contributed by atoms with Gasteiger partial charge in [-0.3, -0.25) is 9.71 Å². The highest BCUT2D eigenvalue weighted by molar-refractivity contribution is 9.10. The van der Waals surface area contributed by atoms with Crippen LogP contribution in [0.15, 0.2) is 22.9 Å². The molecule has 2 heterocycles. The zero-order valence-corrected chi connectivity index (χ0v) is 12.7. The number of hydrogen-bond acceptors (Lipinski definition) is 4. The summed E-state index contributed by atoms with van der Waals surface area (Å²) in [5.41, 5.74) is 0.459. The van der Waals surface area contributed by atoms with E-state index in [4.69, 9.17) is 5.11 Å². The largest absolute Gasteiger partial charge is 0.396 e. The van der Waals surface area contributed by atoms with Crippen LogP contribution in [0.1, 0.15) is 12.8 Å². The maximum absolute atomic E-state index is 12.3. The Balaban J connectivity index is 2.12. The Morgan fingerprint density at radius 1 is 1.58 bits per heavy atom. The van der Waals surface area contributed by atoms with Gasteiger partial charge in [-0.05, 0) is 40.8 Å². The molecular formula is C11H16BrN3O3S. The number of aromatic nitrogens is 1. The minimum absolute atomic E-state index is 0.0188. The van der Waals surface area contributed by atoms with Gasteiger partial charge in [-0.25, -0.2) is 0 Å². The van der Waals surface area contributed by atoms with Gasteiger partial charge >= 0.3 is 10.2 Å². The van der Waals surface area contributed by atoms with Crippen molar-refractivity contribution in [2.24, 2.45) is 5.92 Å². The van der Waals surface area contributed by atoms with E-state index in [1.54, 1.807) is 6.07 Å². The standard InChI is InChI=1S/C11H16BrN3O3S/c12-10-6-13-4-3-11(10)14-19(17,18)15-5-1-2-9(7-15)8-16/h3-4,6,9,16H,1-2,5,7-8H2,(H,13,14). The zero-order chi connectivity index (χ0) is 13.9. The predicted molar refractivity (Wildman–Crippen MR) is 75.9 cm³/mol. The van der Waals surface area contributed by atoms with Crippen molar-refractivity contribution in [2.45, 2.75) is 12.8 Å². The molecule has 0 spiro atoms. The summed E-state index contributed by atoms with van der Waals surface area (Å²) < 4.78 is 29.0. The van der Waals surface area contributed by atoms with Gasteiger partial charge in [-0.2, -0.15) is 12.7 Å². The molecule has 0 bridgehead atoms. The number of pyridine rings is 1. The van der Waals surface area contributed by atoms with Gasteiger partial charge in [-0.15, -0.1) is 0 Å². The van der Waals surface area contributed by atoms with Gasteiger partial charge < -0.3 is 5.11 Å². The van der Waals surface area contributed by atoms with E-state index in [0.717, 1.165) is 12.8 Å². The molecule has 0 aliphatic carbocycles. The van der Waals surface area contributed by atoms with Gasteiger partial charge in [0.15, 0.2) is 0 Å². The van der Waals surface area contributed by atoms with Crippen LogP contribution in [-0.2, 0) is 10.2 Å². The Morgan fingerprint density at radius 2 is 2.37 bits per heavy atom. The van der Waals surface area contributed by atoms with Gasteiger partial charge in [-0.1, -0.05) is 0 Å². The predicted octanol–water partition coefficient (Wildman–Crippen LogP) is 1.21. The fourth-order valence-corrected chi connectivity index (χ4v) is 3.90. The Morgan fingerprint density at radius 3 is 3.05 bits per heavy atom. The van der Waals surface area contributed by atoms with E-state index in [9.17, 15) is 8.42 Å². The Kier molecular flexibility index (Phi) is 4.77. The molecule has 1 aromatic rings. The first kappa shape index (κ1) is 14.7. The van der Waals surface area contributed by atoms with Crippen molar-refractivity contribution in [1.29, 1.82) is 0 Å². The van der Waals surface area contributed by atoms with Gasteiger partial charge in [0.05, 0.1) is 10.2 Å². The quantitative estimate of drug-likeness (QED) is 0.855. The topological polar surface area (TPSA) is 82.5 Å². The summed E-state index contributed by atoms with van der Waals surface area (Å²) in [6, 6.07) is 1.59. The average Bonchev–Trinajstić information content (AvgIpc) is 2.41. The second-order valence-corrected chi connectivity index (χ2v) is 7.04. The lowest BCUT2D eigenvalue weighted by atomic mass is 10.0. The third-order valence-corrected chi connectivity index (χ3v) is 5.21. The minimum Gasteiger partial charge on any atom is -0.396 e. The highest BCUT2D eigenvalue weighted by Crippen LogP contribution is 2.24. The molecule has 1 unspecified atom stereocenters. The second-order valence-electron chi connectivity index (χ2n) is 4.51. The van der Waals surface area contributed by atoms with Gasteiger partial charge in [0, 0.05) is 32.1 Å². The van der Waals surface area contributed by atoms with Crippen molar-refractivity contribution in [2.75, 3.05) is 24.4 Å². The first-order chi connectivity index (χ1) is 9.03. The van der Waals surface area contributed by atoms with Crippen LogP contribution in [0.5, 0.6) is 0 Å². The summed E-state index contributed by atoms with van der Waals surface area (Å²) in [5, 5.41) is 9.15. The van der Waals surface area contributed by atoms with Crippen LogP contribution >= 0.6 is 15.9 Å². The molecule has 1 atom stereocenters. The molecule has 0 amide bonds. The average molecular weight is 350 g/mol. The van der Waals surface area contributed by atoms with E-state index >= 15 is 0 Å². The third kappa shape index (κ3) is 3.65. The van der Waals surface area contributed by atoms with Crippen LogP contribution in [0, 0.1) is 5.92 Å². The number of hydrogen-bond donors (Lipinski definition) is 2. The third-order valence-electron chi connectivity index (χ3n) is 3.09. The summed E-state index contributed by atoms with van der Waals surface area (Å²) in [5.74, 6) is 0.0196. The zero-order valence-electron chi connectivity index (χ0n) is 10.3. The van der Waals surface area contributed by atoms with Crippen LogP contribution in [0.3, 0.4) is 0 Å². The molecule has 0 saturated carbocycles. The Labute approximate surface area is 121 Å². The number of rotatable bonds is 4. The van der Waals surface area contributed by atoms with E-state index in [0.29, 0.717) is 23.2 Å². The van der Waals surface area contributed by atoms with Crippen molar-refractivity contribution in [3.8, 4) is 0 Å². The van der Waals surface area contributed by atoms with Crippen LogP contribution < -0.4 is 4.72 Å². The van der Waals surface area contributed by atoms with Crippen LogP contribution in [-0.4, -0.2) is 42.5 Å². The summed E-state index contributed by atoms with van der Waals surface area (Å²) in [6.45, 7) is 0.855. The molecule has 1 aromatic heterocycles. The van der Waals surface area contributed by atoms with Crippen LogP contribution in [0.25, 0.3) is 0 Å². The highest BCUT2D eigenvalue weighted by Gasteiger charge is 2.28. The van der Waals surface area contributed by atoms with Crippen molar-refractivity contribution in [3.63, 3.8) is 0 Å². The summed E-state index contributed by atoms with van der Waals surface area (Å²) >= 11 is 3.25. The highest BCUT2D eigenvalue weighted by atomic mass is 79.9. The summed E-state index contributed by atoms with van der Waals surface area (Å²) in [6.07, 6.45) is 4.69. The number of aliphatic hydroxyl groups is 1. The second kappa shape index (κ2) is 6.17. The van der Waals surface area contributed by atoms with Gasteiger partial charge in [0.2, 0.25) is 0 Å². The fraction of sp³-hybridized carbons (Fsp3) is 0.545. The van der Waals surface area contributed by atoms with Crippen molar-refractivity contribution >= 4 is 31.8 Å². The first-order valence-corrected chi connectivity index (χ1v) is 8.24. The maximum atomic E-state index is 12.3. The SMILES string of the molecule is O=S(=O)(Nc1ccncc1Br)N1CCCC(CO)C1. The molecule has 2 rings (SSSR count). The molecule has 2 N–H and O–H groups in total. The number of halogens is 1. The summed E-state index contributed by atoms with van der Waals surface area (Å²) in [7, 11) is -3.59. The molecule has 0 aromatic carbocycles. The molecule has 1 aliphatic heterocycles. The normalized spacial score (nSPS) is 21.3. The fourth-order valence-electron chi connectivity index (χ4n) is 2.06. The lowest BCUT2D eigenvalue weighted by Crippen LogP contribution is -2.43. The Bertz CT molecular complexity index is 538. The number of aliphatic hydroxyl groups excluding tert-OH is 1. The van der Waals surface area contributed by atoms with E-state index in [2.05, 4.69) is 25.6 Å². The molecule has 19 heavy (non-hydrogen) atoms. The first-order valence-electron chi connectivity index (χ1n) is 6.01. The number of nitrogens with zero attached hydrogens (tertiary/aromatic N) is 2. The summed E-state index contributed by atoms with van der Waals surface area (Å²) in [4.78, 5) is 3.88. The number of piperidine rings is 1.